The maximum Gasteiger partial charge on any atom is 0.227 e. The van der Waals surface area contributed by atoms with E-state index in [1.807, 2.05) is 13.0 Å². The Hall–Kier alpha value is -10.7. The second-order valence-electron chi connectivity index (χ2n) is 37.8. The van der Waals surface area contributed by atoms with E-state index in [2.05, 4.69) is 361 Å². The van der Waals surface area contributed by atoms with Gasteiger partial charge in [0.05, 0.1) is 22.3 Å². The minimum Gasteiger partial charge on any atom is -0.437 e. The van der Waals surface area contributed by atoms with Crippen LogP contribution in [0, 0.1) is 62.2 Å². The number of rotatable bonds is 12. The number of furan rings is 4. The van der Waals surface area contributed by atoms with Crippen LogP contribution in [-0.2, 0) is 66.7 Å². The van der Waals surface area contributed by atoms with Crippen LogP contribution in [0.15, 0.2) is 188 Å². The van der Waals surface area contributed by atoms with E-state index in [9.17, 15) is 0 Å². The van der Waals surface area contributed by atoms with Crippen molar-refractivity contribution in [1.82, 2.24) is 19.9 Å². The number of aryl methyl sites for hydroxylation is 10. The number of hydrogen-bond acceptors (Lipinski definition) is 8. The van der Waals surface area contributed by atoms with Gasteiger partial charge in [-0.1, -0.05) is 166 Å². The number of hydrogen-bond donors (Lipinski definition) is 0. The zero-order valence-corrected chi connectivity index (χ0v) is 72.8. The molecular formula is C102H120N8O4+4. The average molecular weight is 1520 g/mol. The van der Waals surface area contributed by atoms with Crippen LogP contribution in [0.2, 0.25) is 0 Å². The predicted molar refractivity (Wildman–Crippen MR) is 471 cm³/mol. The largest absolute Gasteiger partial charge is 0.437 e. The van der Waals surface area contributed by atoms with Gasteiger partial charge in [0.1, 0.15) is 28.2 Å². The summed E-state index contributed by atoms with van der Waals surface area (Å²) in [4.78, 5) is 18.9. The van der Waals surface area contributed by atoms with Gasteiger partial charge >= 0.3 is 0 Å². The highest BCUT2D eigenvalue weighted by molar-refractivity contribution is 6.12. The Morgan fingerprint density at radius 1 is 0.307 bits per heavy atom. The van der Waals surface area contributed by atoms with E-state index in [4.69, 9.17) is 32.6 Å². The van der Waals surface area contributed by atoms with E-state index in [-0.39, 0.29) is 21.7 Å². The molecule has 12 heteroatoms. The second kappa shape index (κ2) is 31.9. The van der Waals surface area contributed by atoms with Gasteiger partial charge in [0.2, 0.25) is 45.6 Å². The highest BCUT2D eigenvalue weighted by Crippen LogP contribution is 2.42. The Labute approximate surface area is 675 Å². The number of aromatic nitrogens is 8. The predicted octanol–water partition coefficient (Wildman–Crippen LogP) is 24.7. The summed E-state index contributed by atoms with van der Waals surface area (Å²) < 4.78 is 34.2. The summed E-state index contributed by atoms with van der Waals surface area (Å²) in [6, 6.07) is 52.2. The molecule has 0 atom stereocenters. The number of pyridine rings is 8. The van der Waals surface area contributed by atoms with Crippen molar-refractivity contribution in [2.45, 2.75) is 197 Å². The molecule has 0 radical (unpaired) electrons. The minimum atomic E-state index is 0.266. The van der Waals surface area contributed by atoms with Gasteiger partial charge in [-0.15, -0.1) is 0 Å². The molecule has 12 nitrogen and oxygen atoms in total. The van der Waals surface area contributed by atoms with E-state index in [0.29, 0.717) is 17.5 Å². The van der Waals surface area contributed by atoms with Gasteiger partial charge in [0.15, 0.2) is 47.1 Å². The average Bonchev–Trinajstić information content (AvgIpc) is 1.61. The molecule has 0 aliphatic heterocycles. The summed E-state index contributed by atoms with van der Waals surface area (Å²) in [6.45, 7) is 48.8. The molecule has 588 valence electrons. The zero-order chi connectivity index (χ0) is 81.9. The van der Waals surface area contributed by atoms with Crippen LogP contribution in [0.4, 0.5) is 0 Å². The molecule has 4 aromatic carbocycles. The van der Waals surface area contributed by atoms with Crippen LogP contribution in [0.5, 0.6) is 0 Å². The topological polar surface area (TPSA) is 120 Å². The molecule has 12 aromatic heterocycles. The lowest BCUT2D eigenvalue weighted by Crippen LogP contribution is -2.32. The first-order chi connectivity index (χ1) is 53.7. The molecule has 0 unspecified atom stereocenters. The summed E-state index contributed by atoms with van der Waals surface area (Å²) >= 11 is 0. The van der Waals surface area contributed by atoms with Crippen molar-refractivity contribution >= 4 is 88.3 Å². The lowest BCUT2D eigenvalue weighted by Gasteiger charge is -2.17. The maximum atomic E-state index is 6.38. The van der Waals surface area contributed by atoms with Crippen molar-refractivity contribution in [2.24, 2.45) is 55.8 Å². The normalized spacial score (nSPS) is 12.3. The molecule has 0 N–H and O–H groups in total. The van der Waals surface area contributed by atoms with Crippen molar-refractivity contribution in [3.8, 4) is 45.0 Å². The Bertz CT molecular complexity index is 6310. The second-order valence-corrected chi connectivity index (χ2v) is 37.8. The van der Waals surface area contributed by atoms with Crippen LogP contribution < -0.4 is 18.3 Å². The third-order valence-corrected chi connectivity index (χ3v) is 21.4. The van der Waals surface area contributed by atoms with E-state index in [1.54, 1.807) is 0 Å². The van der Waals surface area contributed by atoms with Gasteiger partial charge in [-0.25, -0.2) is 38.2 Å². The molecule has 0 saturated heterocycles. The highest BCUT2D eigenvalue weighted by Gasteiger charge is 2.29. The Balaban J connectivity index is 0.000000133. The molecule has 0 bridgehead atoms. The van der Waals surface area contributed by atoms with Gasteiger partial charge in [0.25, 0.3) is 0 Å². The molecule has 0 saturated carbocycles. The van der Waals surface area contributed by atoms with Crippen LogP contribution in [0.1, 0.15) is 191 Å². The van der Waals surface area contributed by atoms with Gasteiger partial charge in [-0.2, -0.15) is 0 Å². The highest BCUT2D eigenvalue weighted by atomic mass is 16.4. The van der Waals surface area contributed by atoms with Crippen molar-refractivity contribution in [1.29, 1.82) is 0 Å². The summed E-state index contributed by atoms with van der Waals surface area (Å²) in [7, 11) is 8.49. The fraction of sp³-hybridized carbons (Fsp3) is 0.373. The van der Waals surface area contributed by atoms with E-state index in [0.717, 1.165) is 189 Å². The molecule has 12 heterocycles. The molecule has 16 rings (SSSR count). The first-order valence-corrected chi connectivity index (χ1v) is 41.0. The molecule has 16 aromatic rings. The van der Waals surface area contributed by atoms with E-state index in [1.165, 1.54) is 44.5 Å². The molecule has 0 aliphatic carbocycles. The SMILES string of the molecule is CCc1ccc2c(n1)oc1c(-c3ccc(CC(C)(C)C)c[n+]3C)c(C)ccc12.Cc1ccc2c(n1)oc1c(-c3ccc(CC(C)(C)C)c[n+]3C)c(C)ccc12.Cc1ccc2c(oc3nc(C(C)C)ccc32)c1-c1ccc(CC(C)(C)C)c[n+]1C.Cc1ccc2c(oc3nc(CC(C)C)ccc32)c1-c1ccc(CC(C)(C)C)c[n+]1C. The third-order valence-electron chi connectivity index (χ3n) is 21.4. The van der Waals surface area contributed by atoms with Gasteiger partial charge in [-0.05, 0) is 202 Å². The quantitative estimate of drug-likeness (QED) is 0.111. The standard InChI is InChI=1S/C27H33N2O.C26H31N2O.C25H29N2O.C24H27N2O/c1-17(2)14-20-10-12-22-21-11-8-18(3)24(25(21)30-26(22)28-20)23-13-9-19(16-29(23)7)15-27(4,5)6;1-16(2)21-12-11-20-19-10-8-17(3)23(24(19)29-25(20)27-21)22-13-9-18(15-28(22)7)14-26(4,5)6;1-7-18-10-12-20-19-11-8-16(2)22(23(19)28-24(20)26-18)21-13-9-17(15-27(21)6)14-25(3,4)5;1-15-7-10-18-19-11-8-16(2)25-23(19)27-22(18)21(15)20-12-9-17(14-26(20)6)13-24(3,4)5/h8-13,16-17H,14-15H2,1-7H3;8-13,15-16H,14H2,1-7H3;8-13,15H,7,14H2,1-6H3;7-12,14H,13H2,1-6H3/q4*+1. The number of fused-ring (bicyclic) bond motifs is 12. The molecule has 0 fully saturated rings. The smallest absolute Gasteiger partial charge is 0.227 e. The van der Waals surface area contributed by atoms with Crippen LogP contribution >= 0.6 is 0 Å². The molecule has 114 heavy (non-hydrogen) atoms. The molecule has 0 spiro atoms. The van der Waals surface area contributed by atoms with Gasteiger partial charge < -0.3 is 17.7 Å². The zero-order valence-electron chi connectivity index (χ0n) is 72.8. The number of benzene rings is 4. The minimum absolute atomic E-state index is 0.266. The molecule has 0 amide bonds. The van der Waals surface area contributed by atoms with Crippen molar-refractivity contribution < 1.29 is 35.9 Å². The monoisotopic (exact) mass is 1520 g/mol. The fourth-order valence-electron chi connectivity index (χ4n) is 16.3. The number of nitrogens with zero attached hydrogens (tertiary/aromatic N) is 8. The summed E-state index contributed by atoms with van der Waals surface area (Å²) in [5, 5.41) is 8.84. The van der Waals surface area contributed by atoms with E-state index < -0.39 is 0 Å². The van der Waals surface area contributed by atoms with Crippen molar-refractivity contribution in [2.75, 3.05) is 0 Å². The molecule has 0 aliphatic rings. The maximum absolute atomic E-state index is 6.38. The Morgan fingerprint density at radius 2 is 0.579 bits per heavy atom. The summed E-state index contributed by atoms with van der Waals surface area (Å²) in [5.41, 5.74) is 31.3. The Morgan fingerprint density at radius 3 is 0.868 bits per heavy atom. The van der Waals surface area contributed by atoms with Crippen molar-refractivity contribution in [3.05, 3.63) is 238 Å². The van der Waals surface area contributed by atoms with Gasteiger partial charge in [0, 0.05) is 112 Å². The first kappa shape index (κ1) is 81.3. The first-order valence-electron chi connectivity index (χ1n) is 41.0. The molecular weight excluding hydrogens is 1400 g/mol. The van der Waals surface area contributed by atoms with Crippen molar-refractivity contribution in [3.63, 3.8) is 0 Å². The lowest BCUT2D eigenvalue weighted by molar-refractivity contribution is -0.660. The third kappa shape index (κ3) is 17.8. The van der Waals surface area contributed by atoms with Gasteiger partial charge in [-0.3, -0.25) is 0 Å². The van der Waals surface area contributed by atoms with Crippen LogP contribution in [-0.4, -0.2) is 19.9 Å². The summed E-state index contributed by atoms with van der Waals surface area (Å²) in [6.07, 6.45) is 15.1. The summed E-state index contributed by atoms with van der Waals surface area (Å²) in [5.74, 6) is 0.949. The van der Waals surface area contributed by atoms with Crippen LogP contribution in [0.25, 0.3) is 133 Å². The Kier molecular flexibility index (Phi) is 22.8. The lowest BCUT2D eigenvalue weighted by atomic mass is 9.88. The van der Waals surface area contributed by atoms with E-state index >= 15 is 0 Å². The fourth-order valence-corrected chi connectivity index (χ4v) is 16.3. The van der Waals surface area contributed by atoms with Crippen LogP contribution in [0.3, 0.4) is 0 Å².